The van der Waals surface area contributed by atoms with Gasteiger partial charge in [-0.3, -0.25) is 35.9 Å². The highest BCUT2D eigenvalue weighted by atomic mass is 35.5. The van der Waals surface area contributed by atoms with Gasteiger partial charge < -0.3 is 4.74 Å². The van der Waals surface area contributed by atoms with Crippen molar-refractivity contribution >= 4 is 34.7 Å². The Morgan fingerprint density at radius 2 is 1.84 bits per heavy atom. The van der Waals surface area contributed by atoms with Crippen LogP contribution in [-0.4, -0.2) is 25.7 Å². The molecule has 0 aliphatic rings. The number of ether oxygens (including phenoxy) is 1. The van der Waals surface area contributed by atoms with Gasteiger partial charge in [-0.05, 0) is 36.8 Å². The molecule has 2 aromatic carbocycles. The van der Waals surface area contributed by atoms with Crippen LogP contribution in [0.3, 0.4) is 0 Å². The van der Waals surface area contributed by atoms with E-state index in [1.807, 2.05) is 0 Å². The number of nitro groups is 2. The first kappa shape index (κ1) is 21.4. The molecule has 3 aromatic rings. The van der Waals surface area contributed by atoms with Crippen LogP contribution in [0.15, 0.2) is 48.8 Å². The molecule has 2 N–H and O–H groups in total. The number of nitrogens with one attached hydrogen (secondary N) is 2. The number of hydrazine groups is 1. The zero-order chi connectivity index (χ0) is 22.5. The minimum atomic E-state index is -0.893. The second-order valence-electron chi connectivity index (χ2n) is 6.00. The predicted octanol–water partition coefficient (Wildman–Crippen LogP) is 3.80. The Bertz CT molecular complexity index is 1190. The first-order chi connectivity index (χ1) is 14.8. The third-order valence-corrected chi connectivity index (χ3v) is 4.38. The molecule has 0 saturated heterocycles. The monoisotopic (exact) mass is 444 g/mol. The van der Waals surface area contributed by atoms with Crippen LogP contribution in [0.1, 0.15) is 15.9 Å². The van der Waals surface area contributed by atoms with E-state index in [0.717, 1.165) is 12.4 Å². The lowest BCUT2D eigenvalue weighted by Gasteiger charge is -2.11. The fraction of sp³-hybridized carbons (Fsp3) is 0.0556. The van der Waals surface area contributed by atoms with Gasteiger partial charge in [-0.25, -0.2) is 4.98 Å². The second-order valence-corrected chi connectivity index (χ2v) is 6.41. The summed E-state index contributed by atoms with van der Waals surface area (Å²) in [6.45, 7) is 1.73. The van der Waals surface area contributed by atoms with Crippen LogP contribution in [0.4, 0.5) is 17.2 Å². The van der Waals surface area contributed by atoms with Gasteiger partial charge in [-0.1, -0.05) is 23.7 Å². The van der Waals surface area contributed by atoms with Crippen molar-refractivity contribution in [3.63, 3.8) is 0 Å². The van der Waals surface area contributed by atoms with E-state index in [0.29, 0.717) is 10.6 Å². The fourth-order valence-electron chi connectivity index (χ4n) is 2.49. The number of para-hydroxylation sites is 1. The number of anilines is 1. The Hall–Kier alpha value is -4.32. The maximum atomic E-state index is 12.3. The van der Waals surface area contributed by atoms with Crippen molar-refractivity contribution in [1.82, 2.24) is 15.4 Å². The normalized spacial score (nSPS) is 10.3. The van der Waals surface area contributed by atoms with Crippen LogP contribution < -0.4 is 15.6 Å². The van der Waals surface area contributed by atoms with Gasteiger partial charge in [0.2, 0.25) is 5.82 Å². The van der Waals surface area contributed by atoms with Crippen molar-refractivity contribution in [2.24, 2.45) is 0 Å². The van der Waals surface area contributed by atoms with E-state index in [1.165, 1.54) is 24.3 Å². The Morgan fingerprint density at radius 1 is 1.10 bits per heavy atom. The lowest BCUT2D eigenvalue weighted by Crippen LogP contribution is -2.30. The van der Waals surface area contributed by atoms with Crippen molar-refractivity contribution in [3.8, 4) is 11.6 Å². The number of nitrogens with zero attached hydrogens (tertiary/aromatic N) is 4. The number of hydrogen-bond acceptors (Lipinski definition) is 9. The lowest BCUT2D eigenvalue weighted by atomic mass is 10.2. The number of carbonyl (C=O) groups is 1. The zero-order valence-corrected chi connectivity index (χ0v) is 16.5. The number of benzene rings is 2. The van der Waals surface area contributed by atoms with Gasteiger partial charge in [0, 0.05) is 11.1 Å². The van der Waals surface area contributed by atoms with E-state index >= 15 is 0 Å². The third-order valence-electron chi connectivity index (χ3n) is 3.96. The molecule has 0 aliphatic heterocycles. The molecule has 13 heteroatoms. The van der Waals surface area contributed by atoms with Crippen molar-refractivity contribution in [1.29, 1.82) is 0 Å². The molecular weight excluding hydrogens is 432 g/mol. The lowest BCUT2D eigenvalue weighted by molar-refractivity contribution is -0.385. The Balaban J connectivity index is 1.86. The number of hydrogen-bond donors (Lipinski definition) is 2. The van der Waals surface area contributed by atoms with E-state index in [-0.39, 0.29) is 23.0 Å². The van der Waals surface area contributed by atoms with E-state index in [2.05, 4.69) is 20.8 Å². The molecule has 0 spiro atoms. The van der Waals surface area contributed by atoms with Crippen LogP contribution in [0, 0.1) is 27.2 Å². The SMILES string of the molecule is Cc1cc(Oc2ncnc(NNC(=O)c3ccccc3[N+](=O)[O-])c2[N+](=O)[O-])ccc1Cl. The summed E-state index contributed by atoms with van der Waals surface area (Å²) in [6, 6.07) is 9.87. The van der Waals surface area contributed by atoms with Gasteiger partial charge in [-0.2, -0.15) is 4.98 Å². The van der Waals surface area contributed by atoms with Crippen LogP contribution in [0.25, 0.3) is 0 Å². The molecular formula is C18H13ClN6O6. The Labute approximate surface area is 179 Å². The number of amides is 1. The summed E-state index contributed by atoms with van der Waals surface area (Å²) >= 11 is 5.96. The number of halogens is 1. The Morgan fingerprint density at radius 3 is 2.52 bits per heavy atom. The number of aryl methyl sites for hydroxylation is 1. The maximum absolute atomic E-state index is 12.3. The van der Waals surface area contributed by atoms with Gasteiger partial charge >= 0.3 is 11.6 Å². The summed E-state index contributed by atoms with van der Waals surface area (Å²) in [7, 11) is 0. The van der Waals surface area contributed by atoms with Gasteiger partial charge in [0.1, 0.15) is 17.6 Å². The minimum absolute atomic E-state index is 0.246. The van der Waals surface area contributed by atoms with Crippen molar-refractivity contribution in [2.75, 3.05) is 5.43 Å². The molecule has 3 rings (SSSR count). The minimum Gasteiger partial charge on any atom is -0.434 e. The average molecular weight is 445 g/mol. The van der Waals surface area contributed by atoms with E-state index in [9.17, 15) is 25.0 Å². The molecule has 158 valence electrons. The Kier molecular flexibility index (Phi) is 6.21. The number of aromatic nitrogens is 2. The quantitative estimate of drug-likeness (QED) is 0.407. The highest BCUT2D eigenvalue weighted by Gasteiger charge is 2.26. The molecule has 1 heterocycles. The second kappa shape index (κ2) is 9.00. The van der Waals surface area contributed by atoms with Crippen LogP contribution >= 0.6 is 11.6 Å². The molecule has 12 nitrogen and oxygen atoms in total. The first-order valence-corrected chi connectivity index (χ1v) is 8.89. The molecule has 0 radical (unpaired) electrons. The first-order valence-electron chi connectivity index (χ1n) is 8.51. The summed E-state index contributed by atoms with van der Waals surface area (Å²) in [5.74, 6) is -1.41. The molecule has 0 saturated carbocycles. The smallest absolute Gasteiger partial charge is 0.374 e. The highest BCUT2D eigenvalue weighted by Crippen LogP contribution is 2.34. The largest absolute Gasteiger partial charge is 0.434 e. The zero-order valence-electron chi connectivity index (χ0n) is 15.7. The van der Waals surface area contributed by atoms with Crippen LogP contribution in [0.2, 0.25) is 5.02 Å². The third kappa shape index (κ3) is 4.82. The number of carbonyl (C=O) groups excluding carboxylic acids is 1. The molecule has 1 amide bonds. The molecule has 0 aliphatic carbocycles. The van der Waals surface area contributed by atoms with E-state index in [4.69, 9.17) is 16.3 Å². The molecule has 31 heavy (non-hydrogen) atoms. The molecule has 0 bridgehead atoms. The van der Waals surface area contributed by atoms with Crippen molar-refractivity contribution < 1.29 is 19.4 Å². The number of nitro benzene ring substituents is 1. The summed E-state index contributed by atoms with van der Waals surface area (Å²) in [5, 5.41) is 23.2. The average Bonchev–Trinajstić information content (AvgIpc) is 2.74. The molecule has 1 aromatic heterocycles. The number of rotatable bonds is 7. The van der Waals surface area contributed by atoms with Crippen LogP contribution in [-0.2, 0) is 0 Å². The fourth-order valence-corrected chi connectivity index (χ4v) is 2.61. The topological polar surface area (TPSA) is 162 Å². The van der Waals surface area contributed by atoms with Crippen molar-refractivity contribution in [3.05, 3.63) is 85.2 Å². The molecule has 0 fully saturated rings. The highest BCUT2D eigenvalue weighted by molar-refractivity contribution is 6.31. The molecule has 0 unspecified atom stereocenters. The summed E-state index contributed by atoms with van der Waals surface area (Å²) < 4.78 is 5.50. The van der Waals surface area contributed by atoms with Gasteiger partial charge in [-0.15, -0.1) is 0 Å². The van der Waals surface area contributed by atoms with Gasteiger partial charge in [0.25, 0.3) is 11.6 Å². The summed E-state index contributed by atoms with van der Waals surface area (Å²) in [6.07, 6.45) is 0.991. The standard InChI is InChI=1S/C18H13ClN6O6/c1-10-8-11(6-7-13(10)19)31-18-15(25(29)30)16(20-9-21-18)22-23-17(26)12-4-2-3-5-14(12)24(27)28/h2-9H,1H3,(H,23,26)(H,20,21,22). The van der Waals surface area contributed by atoms with Crippen molar-refractivity contribution in [2.45, 2.75) is 6.92 Å². The van der Waals surface area contributed by atoms with Gasteiger partial charge in [0.05, 0.1) is 9.85 Å². The van der Waals surface area contributed by atoms with E-state index < -0.39 is 27.1 Å². The summed E-state index contributed by atoms with van der Waals surface area (Å²) in [4.78, 5) is 41.0. The van der Waals surface area contributed by atoms with Gasteiger partial charge in [0.15, 0.2) is 0 Å². The molecule has 0 atom stereocenters. The predicted molar refractivity (Wildman–Crippen MR) is 109 cm³/mol. The summed E-state index contributed by atoms with van der Waals surface area (Å²) in [5.41, 5.74) is 3.80. The maximum Gasteiger partial charge on any atom is 0.374 e. The van der Waals surface area contributed by atoms with Crippen LogP contribution in [0.5, 0.6) is 11.6 Å². The van der Waals surface area contributed by atoms with E-state index in [1.54, 1.807) is 19.1 Å².